The van der Waals surface area contributed by atoms with Crippen LogP contribution in [0.4, 0.5) is 0 Å². The van der Waals surface area contributed by atoms with E-state index in [4.69, 9.17) is 26.4 Å². The lowest BCUT2D eigenvalue weighted by molar-refractivity contribution is 0.0161. The van der Waals surface area contributed by atoms with Crippen molar-refractivity contribution in [3.63, 3.8) is 0 Å². The molecule has 70 valence electrons. The van der Waals surface area contributed by atoms with Crippen LogP contribution in [-0.4, -0.2) is 35.9 Å². The molecule has 5 nitrogen and oxygen atoms in total. The lowest BCUT2D eigenvalue weighted by atomic mass is 10.6. The first-order valence-corrected chi connectivity index (χ1v) is 3.43. The summed E-state index contributed by atoms with van der Waals surface area (Å²) in [5, 5.41) is 15.2. The van der Waals surface area contributed by atoms with Gasteiger partial charge in [-0.1, -0.05) is 0 Å². The third-order valence-electron chi connectivity index (χ3n) is 0.529. The van der Waals surface area contributed by atoms with Crippen molar-refractivity contribution in [3.05, 3.63) is 0 Å². The molecule has 0 fully saturated rings. The highest BCUT2D eigenvalue weighted by atomic mass is 16.5. The number of nitrogens with two attached hydrogens (primary N) is 2. The Morgan fingerprint density at radius 2 is 1.36 bits per heavy atom. The van der Waals surface area contributed by atoms with Crippen molar-refractivity contribution >= 4 is 0 Å². The summed E-state index contributed by atoms with van der Waals surface area (Å²) in [6, 6.07) is 0. The van der Waals surface area contributed by atoms with E-state index < -0.39 is 0 Å². The normalized spacial score (nSPS) is 14.7. The molecule has 0 aromatic heterocycles. The van der Waals surface area contributed by atoms with E-state index in [2.05, 4.69) is 0 Å². The summed E-state index contributed by atoms with van der Waals surface area (Å²) in [4.78, 5) is 0. The number of hydrogen-bond acceptors (Lipinski definition) is 5. The van der Waals surface area contributed by atoms with Crippen molar-refractivity contribution in [1.82, 2.24) is 0 Å². The summed E-state index contributed by atoms with van der Waals surface area (Å²) in [5.74, 6) is 0. The fraction of sp³-hybridized carbons (Fsp3) is 1.00. The molecule has 0 aliphatic rings. The molecule has 0 heterocycles. The summed E-state index contributed by atoms with van der Waals surface area (Å²) in [7, 11) is 0. The predicted molar refractivity (Wildman–Crippen MR) is 42.6 cm³/mol. The highest BCUT2D eigenvalue weighted by Crippen LogP contribution is 1.81. The van der Waals surface area contributed by atoms with Crippen LogP contribution in [0.1, 0.15) is 13.8 Å². The average molecular weight is 166 g/mol. The summed E-state index contributed by atoms with van der Waals surface area (Å²) >= 11 is 0. The van der Waals surface area contributed by atoms with Gasteiger partial charge in [-0.05, 0) is 13.8 Å². The van der Waals surface area contributed by atoms with Crippen LogP contribution in [0.2, 0.25) is 0 Å². The second-order valence-corrected chi connectivity index (χ2v) is 1.99. The Morgan fingerprint density at radius 3 is 1.36 bits per heavy atom. The van der Waals surface area contributed by atoms with Gasteiger partial charge >= 0.3 is 0 Å². The second kappa shape index (κ2) is 9.80. The Balaban J connectivity index is 0. The molecular weight excluding hydrogens is 148 g/mol. The maximum absolute atomic E-state index is 7.62. The molecule has 0 saturated carbocycles. The molecule has 0 aromatic carbocycles. The van der Waals surface area contributed by atoms with E-state index in [1.165, 1.54) is 0 Å². The minimum atomic E-state index is -0.250. The van der Waals surface area contributed by atoms with Gasteiger partial charge in [0.1, 0.15) is 12.5 Å². The fourth-order valence-corrected chi connectivity index (χ4v) is 0.339. The quantitative estimate of drug-likeness (QED) is 0.385. The van der Waals surface area contributed by atoms with Crippen LogP contribution in [-0.2, 0) is 4.74 Å². The minimum absolute atomic E-state index is 0.125. The molecule has 0 spiro atoms. The highest BCUT2D eigenvalue weighted by Gasteiger charge is 1.94. The molecule has 6 N–H and O–H groups in total. The molecule has 11 heavy (non-hydrogen) atoms. The first-order valence-electron chi connectivity index (χ1n) is 3.43. The van der Waals surface area contributed by atoms with Gasteiger partial charge in [-0.25, -0.2) is 0 Å². The van der Waals surface area contributed by atoms with Crippen LogP contribution in [0.15, 0.2) is 0 Å². The van der Waals surface area contributed by atoms with E-state index in [-0.39, 0.29) is 25.7 Å². The average Bonchev–Trinajstić information content (AvgIpc) is 1.85. The molecule has 0 aromatic rings. The van der Waals surface area contributed by atoms with Crippen molar-refractivity contribution in [3.8, 4) is 0 Å². The first kappa shape index (κ1) is 13.4. The number of ether oxygens (including phenoxy) is 1. The van der Waals surface area contributed by atoms with Crippen molar-refractivity contribution in [2.24, 2.45) is 11.5 Å². The maximum Gasteiger partial charge on any atom is 0.104 e. The maximum atomic E-state index is 7.62. The van der Waals surface area contributed by atoms with E-state index in [9.17, 15) is 0 Å². The van der Waals surface area contributed by atoms with Gasteiger partial charge in [-0.2, -0.15) is 0 Å². The number of hydrogen-bond donors (Lipinski definition) is 4. The molecule has 0 aliphatic heterocycles. The molecule has 0 aliphatic carbocycles. The van der Waals surface area contributed by atoms with Gasteiger partial charge in [0, 0.05) is 0 Å². The Labute approximate surface area is 67.0 Å². The molecule has 0 saturated heterocycles. The molecule has 0 amide bonds. The van der Waals surface area contributed by atoms with Gasteiger partial charge in [-0.3, -0.25) is 0 Å². The fourth-order valence-electron chi connectivity index (χ4n) is 0.339. The smallest absolute Gasteiger partial charge is 0.104 e. The van der Waals surface area contributed by atoms with Crippen LogP contribution in [0.25, 0.3) is 0 Å². The first-order chi connectivity index (χ1) is 5.04. The van der Waals surface area contributed by atoms with E-state index >= 15 is 0 Å². The highest BCUT2D eigenvalue weighted by molar-refractivity contribution is 4.36. The topological polar surface area (TPSA) is 102 Å². The summed E-state index contributed by atoms with van der Waals surface area (Å²) in [5.41, 5.74) is 10.4. The largest absolute Gasteiger partial charge is 0.394 e. The predicted octanol–water partition coefficient (Wildman–Crippen LogP) is -1.42. The summed E-state index contributed by atoms with van der Waals surface area (Å²) in [6.07, 6.45) is -0.500. The summed E-state index contributed by atoms with van der Waals surface area (Å²) in [6.45, 7) is 3.23. The Bertz CT molecular complexity index is 60.8. The van der Waals surface area contributed by atoms with Crippen LogP contribution in [0, 0.1) is 0 Å². The zero-order valence-corrected chi connectivity index (χ0v) is 7.03. The van der Waals surface area contributed by atoms with Gasteiger partial charge in [0.15, 0.2) is 0 Å². The Hall–Kier alpha value is -0.200. The molecule has 0 bridgehead atoms. The molecule has 2 unspecified atom stereocenters. The van der Waals surface area contributed by atoms with Gasteiger partial charge in [0.05, 0.1) is 13.2 Å². The van der Waals surface area contributed by atoms with Crippen LogP contribution < -0.4 is 11.5 Å². The second-order valence-electron chi connectivity index (χ2n) is 1.99. The third kappa shape index (κ3) is 25.9. The van der Waals surface area contributed by atoms with Crippen molar-refractivity contribution < 1.29 is 14.9 Å². The van der Waals surface area contributed by atoms with Crippen LogP contribution in [0.5, 0.6) is 0 Å². The molecular formula is C6H18N2O3. The minimum Gasteiger partial charge on any atom is -0.394 e. The van der Waals surface area contributed by atoms with Gasteiger partial charge in [-0.15, -0.1) is 0 Å². The van der Waals surface area contributed by atoms with E-state index in [0.717, 1.165) is 0 Å². The monoisotopic (exact) mass is 166 g/mol. The van der Waals surface area contributed by atoms with E-state index in [1.807, 2.05) is 0 Å². The summed E-state index contributed by atoms with van der Waals surface area (Å²) < 4.78 is 4.81. The number of aliphatic hydroxyl groups is 2. The zero-order valence-electron chi connectivity index (χ0n) is 7.03. The van der Waals surface area contributed by atoms with Crippen molar-refractivity contribution in [1.29, 1.82) is 0 Å². The van der Waals surface area contributed by atoms with Crippen LogP contribution in [0.3, 0.4) is 0 Å². The van der Waals surface area contributed by atoms with Crippen molar-refractivity contribution in [2.45, 2.75) is 26.3 Å². The molecule has 0 radical (unpaired) electrons. The van der Waals surface area contributed by atoms with Crippen molar-refractivity contribution in [2.75, 3.05) is 13.2 Å². The molecule has 0 rings (SSSR count). The van der Waals surface area contributed by atoms with Crippen LogP contribution >= 0.6 is 0 Å². The SMILES string of the molecule is CC(N)OC(C)N.OCCO. The standard InChI is InChI=1S/C4H12N2O.C2H6O2/c1-3(5)7-4(2)6;3-1-2-4/h3-4H,5-6H2,1-2H3;3-4H,1-2H2. The molecule has 5 heteroatoms. The Morgan fingerprint density at radius 1 is 1.09 bits per heavy atom. The lowest BCUT2D eigenvalue weighted by Crippen LogP contribution is -2.29. The van der Waals surface area contributed by atoms with Gasteiger partial charge in [0.25, 0.3) is 0 Å². The van der Waals surface area contributed by atoms with E-state index in [0.29, 0.717) is 0 Å². The Kier molecular flexibility index (Phi) is 11.9. The zero-order chi connectivity index (χ0) is 9.28. The number of aliphatic hydroxyl groups excluding tert-OH is 2. The van der Waals surface area contributed by atoms with E-state index in [1.54, 1.807) is 13.8 Å². The lowest BCUT2D eigenvalue weighted by Gasteiger charge is -2.09. The van der Waals surface area contributed by atoms with Gasteiger partial charge in [0.2, 0.25) is 0 Å². The molecule has 2 atom stereocenters. The third-order valence-corrected chi connectivity index (χ3v) is 0.529. The number of rotatable bonds is 3. The van der Waals surface area contributed by atoms with Gasteiger partial charge < -0.3 is 26.4 Å².